The summed E-state index contributed by atoms with van der Waals surface area (Å²) in [5.41, 5.74) is 0.337. The number of sulfonamides is 1. The zero-order chi connectivity index (χ0) is 25.4. The van der Waals surface area contributed by atoms with Gasteiger partial charge in [-0.3, -0.25) is 19.7 Å². The first-order valence-corrected chi connectivity index (χ1v) is 12.4. The third kappa shape index (κ3) is 6.40. The fourth-order valence-electron chi connectivity index (χ4n) is 3.76. The van der Waals surface area contributed by atoms with Crippen molar-refractivity contribution in [3.63, 3.8) is 0 Å². The molecule has 35 heavy (non-hydrogen) atoms. The Kier molecular flexibility index (Phi) is 8.51. The second-order valence-corrected chi connectivity index (χ2v) is 9.77. The maximum atomic E-state index is 12.9. The van der Waals surface area contributed by atoms with Crippen LogP contribution in [0.15, 0.2) is 59.5 Å². The van der Waals surface area contributed by atoms with E-state index < -0.39 is 14.9 Å². The minimum Gasteiger partial charge on any atom is -0.340 e. The van der Waals surface area contributed by atoms with Crippen molar-refractivity contribution in [3.05, 3.63) is 64.7 Å². The first-order chi connectivity index (χ1) is 16.7. The maximum Gasteiger partial charge on any atom is 0.270 e. The Morgan fingerprint density at radius 1 is 1.03 bits per heavy atom. The van der Waals surface area contributed by atoms with Crippen molar-refractivity contribution < 1.29 is 22.9 Å². The highest BCUT2D eigenvalue weighted by molar-refractivity contribution is 7.89. The number of amides is 2. The number of nitro groups is 1. The first kappa shape index (κ1) is 25.8. The quantitative estimate of drug-likeness (QED) is 0.380. The van der Waals surface area contributed by atoms with Gasteiger partial charge in [0, 0.05) is 63.4 Å². The van der Waals surface area contributed by atoms with E-state index in [2.05, 4.69) is 0 Å². The van der Waals surface area contributed by atoms with Crippen molar-refractivity contribution in [1.82, 2.24) is 9.21 Å². The maximum absolute atomic E-state index is 12.9. The summed E-state index contributed by atoms with van der Waals surface area (Å²) in [4.78, 5) is 38.6. The van der Waals surface area contributed by atoms with Gasteiger partial charge in [-0.25, -0.2) is 8.42 Å². The summed E-state index contributed by atoms with van der Waals surface area (Å²) in [6.07, 6.45) is 0.0906. The molecule has 1 fully saturated rings. The van der Waals surface area contributed by atoms with Crippen molar-refractivity contribution in [1.29, 1.82) is 5.26 Å². The van der Waals surface area contributed by atoms with Gasteiger partial charge in [0.2, 0.25) is 21.8 Å². The van der Waals surface area contributed by atoms with E-state index in [1.165, 1.54) is 32.3 Å². The van der Waals surface area contributed by atoms with Gasteiger partial charge in [-0.15, -0.1) is 0 Å². The van der Waals surface area contributed by atoms with Gasteiger partial charge in [-0.05, 0) is 18.2 Å². The van der Waals surface area contributed by atoms with Gasteiger partial charge in [0.15, 0.2) is 0 Å². The van der Waals surface area contributed by atoms with E-state index in [9.17, 15) is 28.1 Å². The summed E-state index contributed by atoms with van der Waals surface area (Å²) in [6, 6.07) is 15.8. The average molecular weight is 500 g/mol. The highest BCUT2D eigenvalue weighted by Crippen LogP contribution is 2.22. The molecule has 184 valence electrons. The summed E-state index contributed by atoms with van der Waals surface area (Å²) in [5, 5.41) is 19.9. The summed E-state index contributed by atoms with van der Waals surface area (Å²) >= 11 is 0. The minimum atomic E-state index is -3.94. The molecule has 0 spiro atoms. The largest absolute Gasteiger partial charge is 0.340 e. The van der Waals surface area contributed by atoms with Gasteiger partial charge in [0.05, 0.1) is 22.3 Å². The predicted molar refractivity (Wildman–Crippen MR) is 127 cm³/mol. The molecular formula is C23H25N5O6S. The Labute approximate surface area is 203 Å². The molecule has 1 heterocycles. The van der Waals surface area contributed by atoms with Crippen LogP contribution >= 0.6 is 0 Å². The molecule has 0 unspecified atom stereocenters. The predicted octanol–water partition coefficient (Wildman–Crippen LogP) is 2.15. The van der Waals surface area contributed by atoms with Gasteiger partial charge in [0.1, 0.15) is 0 Å². The number of carbonyl (C=O) groups is 2. The van der Waals surface area contributed by atoms with Crippen molar-refractivity contribution in [3.8, 4) is 6.07 Å². The average Bonchev–Trinajstić information content (AvgIpc) is 2.88. The summed E-state index contributed by atoms with van der Waals surface area (Å²) in [7, 11) is -3.94. The van der Waals surface area contributed by atoms with E-state index in [4.69, 9.17) is 5.26 Å². The highest BCUT2D eigenvalue weighted by Gasteiger charge is 2.31. The minimum absolute atomic E-state index is 0.0354. The second kappa shape index (κ2) is 11.5. The number of non-ortho nitro benzene ring substituents is 1. The van der Waals surface area contributed by atoms with E-state index in [1.54, 1.807) is 24.3 Å². The molecule has 0 bridgehead atoms. The molecule has 0 radical (unpaired) electrons. The zero-order valence-electron chi connectivity index (χ0n) is 18.9. The highest BCUT2D eigenvalue weighted by atomic mass is 32.2. The summed E-state index contributed by atoms with van der Waals surface area (Å²) < 4.78 is 26.9. The van der Waals surface area contributed by atoms with Crippen molar-refractivity contribution in [2.24, 2.45) is 0 Å². The lowest BCUT2D eigenvalue weighted by Gasteiger charge is -2.34. The first-order valence-electron chi connectivity index (χ1n) is 11.0. The van der Waals surface area contributed by atoms with E-state index in [-0.39, 0.29) is 74.4 Å². The fourth-order valence-corrected chi connectivity index (χ4v) is 5.22. The number of nitro benzene ring substituents is 1. The van der Waals surface area contributed by atoms with Crippen molar-refractivity contribution in [2.45, 2.75) is 24.2 Å². The van der Waals surface area contributed by atoms with Gasteiger partial charge in [-0.1, -0.05) is 24.3 Å². The van der Waals surface area contributed by atoms with Crippen molar-refractivity contribution >= 4 is 33.2 Å². The molecule has 12 heteroatoms. The van der Waals surface area contributed by atoms with Crippen LogP contribution in [0.2, 0.25) is 0 Å². The van der Waals surface area contributed by atoms with Gasteiger partial charge in [0.25, 0.3) is 5.69 Å². The van der Waals surface area contributed by atoms with Crippen LogP contribution in [0.5, 0.6) is 0 Å². The van der Waals surface area contributed by atoms with Crippen LogP contribution in [0.25, 0.3) is 0 Å². The Bertz CT molecular complexity index is 1220. The van der Waals surface area contributed by atoms with Crippen LogP contribution < -0.4 is 4.90 Å². The Morgan fingerprint density at radius 3 is 2.34 bits per heavy atom. The number of carbonyl (C=O) groups excluding carboxylic acids is 2. The number of anilines is 1. The second-order valence-electron chi connectivity index (χ2n) is 7.83. The lowest BCUT2D eigenvalue weighted by atomic mass is 10.2. The van der Waals surface area contributed by atoms with Gasteiger partial charge in [-0.2, -0.15) is 9.57 Å². The number of nitriles is 1. The third-order valence-corrected chi connectivity index (χ3v) is 7.52. The molecule has 0 saturated carbocycles. The smallest absolute Gasteiger partial charge is 0.270 e. The molecule has 0 aromatic heterocycles. The normalized spacial score (nSPS) is 14.2. The number of rotatable bonds is 9. The molecule has 2 aromatic carbocycles. The zero-order valence-corrected chi connectivity index (χ0v) is 19.8. The molecule has 1 aliphatic heterocycles. The Balaban J connectivity index is 1.56. The van der Waals surface area contributed by atoms with Crippen LogP contribution in [-0.4, -0.2) is 67.1 Å². The number of para-hydroxylation sites is 1. The monoisotopic (exact) mass is 499 g/mol. The molecule has 1 saturated heterocycles. The Hall–Kier alpha value is -3.82. The van der Waals surface area contributed by atoms with E-state index >= 15 is 0 Å². The molecule has 2 aromatic rings. The van der Waals surface area contributed by atoms with Gasteiger partial charge >= 0.3 is 0 Å². The summed E-state index contributed by atoms with van der Waals surface area (Å²) in [6.45, 7) is 0.615. The topological polar surface area (TPSA) is 145 Å². The number of piperazine rings is 1. The molecule has 0 atom stereocenters. The molecule has 1 aliphatic rings. The molecule has 11 nitrogen and oxygen atoms in total. The standard InChI is InChI=1S/C23H25N5O6S/c24-12-5-13-27(19-6-2-1-3-7-19)23(30)11-10-22(29)25-14-16-26(17-15-25)35(33,34)21-9-4-8-20(18-21)28(31)32/h1-4,6-9,18H,5,10-11,13-17H2. The fraction of sp³-hybridized carbons (Fsp3) is 0.348. The summed E-state index contributed by atoms with van der Waals surface area (Å²) in [5.74, 6) is -0.536. The van der Waals surface area contributed by atoms with Crippen LogP contribution in [0.1, 0.15) is 19.3 Å². The van der Waals surface area contributed by atoms with Crippen LogP contribution in [0, 0.1) is 21.4 Å². The SMILES string of the molecule is N#CCCN(C(=O)CCC(=O)N1CCN(S(=O)(=O)c2cccc([N+](=O)[O-])c2)CC1)c1ccccc1. The third-order valence-electron chi connectivity index (χ3n) is 5.63. The number of hydrogen-bond acceptors (Lipinski definition) is 7. The van der Waals surface area contributed by atoms with E-state index in [0.29, 0.717) is 5.69 Å². The van der Waals surface area contributed by atoms with Crippen LogP contribution in [-0.2, 0) is 19.6 Å². The van der Waals surface area contributed by atoms with Gasteiger partial charge < -0.3 is 9.80 Å². The van der Waals surface area contributed by atoms with E-state index in [1.807, 2.05) is 12.1 Å². The Morgan fingerprint density at radius 2 is 1.71 bits per heavy atom. The number of hydrogen-bond donors (Lipinski definition) is 0. The molecule has 3 rings (SSSR count). The number of nitrogens with zero attached hydrogens (tertiary/aromatic N) is 5. The molecular weight excluding hydrogens is 474 g/mol. The number of benzene rings is 2. The molecule has 0 N–H and O–H groups in total. The van der Waals surface area contributed by atoms with E-state index in [0.717, 1.165) is 6.07 Å². The molecule has 2 amide bonds. The van der Waals surface area contributed by atoms with Crippen LogP contribution in [0.3, 0.4) is 0 Å². The lowest BCUT2D eigenvalue weighted by molar-refractivity contribution is -0.385. The lowest BCUT2D eigenvalue weighted by Crippen LogP contribution is -2.50. The molecule has 0 aliphatic carbocycles. The van der Waals surface area contributed by atoms with Crippen molar-refractivity contribution in [2.75, 3.05) is 37.6 Å². The van der Waals surface area contributed by atoms with Crippen LogP contribution in [0.4, 0.5) is 11.4 Å².